The third-order valence-corrected chi connectivity index (χ3v) is 2.92. The maximum atomic E-state index is 11.8. The third-order valence-electron chi connectivity index (χ3n) is 2.92. The Kier molecular flexibility index (Phi) is 5.71. The summed E-state index contributed by atoms with van der Waals surface area (Å²) in [5.74, 6) is -1.83. The Hall–Kier alpha value is -2.57. The standard InChI is InChI=1S/C14H19N3O4/c1-8-3-4-9(2)11(7-8)17-14(21)16-10(13(19)20)5-6-12(15)18/h3-4,7,10H,5-6H2,1-2H3,(H2,15,18)(H,19,20)(H2,16,17,21)/t10-/m1/s1. The molecular weight excluding hydrogens is 274 g/mol. The molecule has 0 aliphatic carbocycles. The fourth-order valence-electron chi connectivity index (χ4n) is 1.73. The number of nitrogens with one attached hydrogen (secondary N) is 2. The molecule has 1 aromatic rings. The smallest absolute Gasteiger partial charge is 0.326 e. The number of anilines is 1. The summed E-state index contributed by atoms with van der Waals surface area (Å²) in [6.45, 7) is 3.71. The van der Waals surface area contributed by atoms with E-state index in [1.165, 1.54) is 0 Å². The Balaban J connectivity index is 2.67. The van der Waals surface area contributed by atoms with Crippen molar-refractivity contribution >= 4 is 23.6 Å². The third kappa shape index (κ3) is 5.52. The maximum absolute atomic E-state index is 11.8. The fraction of sp³-hybridized carbons (Fsp3) is 0.357. The molecular formula is C14H19N3O4. The van der Waals surface area contributed by atoms with E-state index in [-0.39, 0.29) is 12.8 Å². The van der Waals surface area contributed by atoms with Gasteiger partial charge in [0.2, 0.25) is 5.91 Å². The maximum Gasteiger partial charge on any atom is 0.326 e. The predicted molar refractivity (Wildman–Crippen MR) is 77.9 cm³/mol. The highest BCUT2D eigenvalue weighted by Gasteiger charge is 2.20. The van der Waals surface area contributed by atoms with Crippen LogP contribution < -0.4 is 16.4 Å². The lowest BCUT2D eigenvalue weighted by Crippen LogP contribution is -2.43. The molecule has 114 valence electrons. The molecule has 0 aliphatic rings. The van der Waals surface area contributed by atoms with Gasteiger partial charge in [-0.1, -0.05) is 12.1 Å². The summed E-state index contributed by atoms with van der Waals surface area (Å²) in [5.41, 5.74) is 7.41. The number of carboxylic acids is 1. The second kappa shape index (κ2) is 7.28. The van der Waals surface area contributed by atoms with Gasteiger partial charge in [-0.3, -0.25) is 4.79 Å². The van der Waals surface area contributed by atoms with Crippen LogP contribution in [0.2, 0.25) is 0 Å². The van der Waals surface area contributed by atoms with Gasteiger partial charge in [0.25, 0.3) is 0 Å². The number of benzene rings is 1. The first-order chi connectivity index (χ1) is 9.79. The summed E-state index contributed by atoms with van der Waals surface area (Å²) in [7, 11) is 0. The zero-order valence-electron chi connectivity index (χ0n) is 12.0. The van der Waals surface area contributed by atoms with Crippen molar-refractivity contribution < 1.29 is 19.5 Å². The molecule has 0 radical (unpaired) electrons. The second-order valence-corrected chi connectivity index (χ2v) is 4.81. The van der Waals surface area contributed by atoms with E-state index >= 15 is 0 Å². The van der Waals surface area contributed by atoms with Crippen LogP contribution in [0.1, 0.15) is 24.0 Å². The number of carbonyl (C=O) groups excluding carboxylic acids is 2. The van der Waals surface area contributed by atoms with E-state index < -0.39 is 23.9 Å². The quantitative estimate of drug-likeness (QED) is 0.628. The number of amides is 3. The van der Waals surface area contributed by atoms with Crippen molar-refractivity contribution in [2.45, 2.75) is 32.7 Å². The molecule has 0 bridgehead atoms. The normalized spacial score (nSPS) is 11.5. The molecule has 7 heteroatoms. The van der Waals surface area contributed by atoms with Crippen LogP contribution in [-0.4, -0.2) is 29.1 Å². The zero-order chi connectivity index (χ0) is 16.0. The van der Waals surface area contributed by atoms with E-state index in [0.29, 0.717) is 5.69 Å². The first kappa shape index (κ1) is 16.5. The van der Waals surface area contributed by atoms with E-state index in [4.69, 9.17) is 10.8 Å². The number of urea groups is 1. The van der Waals surface area contributed by atoms with Gasteiger partial charge in [-0.2, -0.15) is 0 Å². The van der Waals surface area contributed by atoms with Crippen LogP contribution in [0.4, 0.5) is 10.5 Å². The Labute approximate surface area is 122 Å². The highest BCUT2D eigenvalue weighted by molar-refractivity contribution is 5.93. The van der Waals surface area contributed by atoms with Crippen LogP contribution in [0.15, 0.2) is 18.2 Å². The predicted octanol–water partition coefficient (Wildman–Crippen LogP) is 1.14. The molecule has 0 unspecified atom stereocenters. The minimum absolute atomic E-state index is 0.0507. The molecule has 0 saturated heterocycles. The monoisotopic (exact) mass is 293 g/mol. The molecule has 1 aromatic carbocycles. The Morgan fingerprint density at radius 3 is 2.52 bits per heavy atom. The number of carboxylic acid groups (broad SMARTS) is 1. The molecule has 7 nitrogen and oxygen atoms in total. The van der Waals surface area contributed by atoms with Gasteiger partial charge in [0.15, 0.2) is 0 Å². The average Bonchev–Trinajstić information content (AvgIpc) is 2.38. The van der Waals surface area contributed by atoms with Crippen LogP contribution in [0.25, 0.3) is 0 Å². The molecule has 5 N–H and O–H groups in total. The molecule has 1 atom stereocenters. The lowest BCUT2D eigenvalue weighted by molar-refractivity contribution is -0.139. The molecule has 3 amide bonds. The summed E-state index contributed by atoms with van der Waals surface area (Å²) in [4.78, 5) is 33.5. The van der Waals surface area contributed by atoms with Gasteiger partial charge < -0.3 is 21.5 Å². The van der Waals surface area contributed by atoms with Crippen LogP contribution in [0.5, 0.6) is 0 Å². The van der Waals surface area contributed by atoms with Gasteiger partial charge in [0, 0.05) is 12.1 Å². The van der Waals surface area contributed by atoms with Gasteiger partial charge in [0.05, 0.1) is 0 Å². The van der Waals surface area contributed by atoms with Crippen molar-refractivity contribution in [3.63, 3.8) is 0 Å². The van der Waals surface area contributed by atoms with Crippen molar-refractivity contribution in [3.05, 3.63) is 29.3 Å². The molecule has 0 saturated carbocycles. The summed E-state index contributed by atoms with van der Waals surface area (Å²) in [6.07, 6.45) is -0.161. The lowest BCUT2D eigenvalue weighted by atomic mass is 10.1. The minimum Gasteiger partial charge on any atom is -0.480 e. The first-order valence-corrected chi connectivity index (χ1v) is 6.45. The Bertz CT molecular complexity index is 557. The number of hydrogen-bond acceptors (Lipinski definition) is 3. The van der Waals surface area contributed by atoms with E-state index in [1.54, 1.807) is 6.07 Å². The van der Waals surface area contributed by atoms with Gasteiger partial charge in [-0.05, 0) is 37.5 Å². The average molecular weight is 293 g/mol. The highest BCUT2D eigenvalue weighted by atomic mass is 16.4. The van der Waals surface area contributed by atoms with Crippen LogP contribution in [0.3, 0.4) is 0 Å². The number of aryl methyl sites for hydroxylation is 2. The number of primary amides is 1. The van der Waals surface area contributed by atoms with Crippen LogP contribution in [0, 0.1) is 13.8 Å². The number of rotatable bonds is 6. The number of carbonyl (C=O) groups is 3. The first-order valence-electron chi connectivity index (χ1n) is 6.45. The van der Waals surface area contributed by atoms with Gasteiger partial charge in [0.1, 0.15) is 6.04 Å². The Morgan fingerprint density at radius 1 is 1.29 bits per heavy atom. The summed E-state index contributed by atoms with van der Waals surface area (Å²) < 4.78 is 0. The van der Waals surface area contributed by atoms with Crippen LogP contribution >= 0.6 is 0 Å². The minimum atomic E-state index is -1.22. The number of nitrogens with two attached hydrogens (primary N) is 1. The van der Waals surface area contributed by atoms with Crippen LogP contribution in [-0.2, 0) is 9.59 Å². The zero-order valence-corrected chi connectivity index (χ0v) is 12.0. The molecule has 0 aromatic heterocycles. The second-order valence-electron chi connectivity index (χ2n) is 4.81. The molecule has 21 heavy (non-hydrogen) atoms. The molecule has 0 aliphatic heterocycles. The van der Waals surface area contributed by atoms with Crippen molar-refractivity contribution in [1.29, 1.82) is 0 Å². The fourth-order valence-corrected chi connectivity index (χ4v) is 1.73. The summed E-state index contributed by atoms with van der Waals surface area (Å²) in [6, 6.07) is 3.75. The SMILES string of the molecule is Cc1ccc(C)c(NC(=O)N[C@H](CCC(N)=O)C(=O)O)c1. The molecule has 0 spiro atoms. The van der Waals surface area contributed by atoms with Gasteiger partial charge in [-0.25, -0.2) is 9.59 Å². The van der Waals surface area contributed by atoms with Crippen molar-refractivity contribution in [1.82, 2.24) is 5.32 Å². The van der Waals surface area contributed by atoms with E-state index in [9.17, 15) is 14.4 Å². The van der Waals surface area contributed by atoms with Gasteiger partial charge >= 0.3 is 12.0 Å². The number of hydrogen-bond donors (Lipinski definition) is 4. The molecule has 0 fully saturated rings. The van der Waals surface area contributed by atoms with Crippen molar-refractivity contribution in [2.75, 3.05) is 5.32 Å². The Morgan fingerprint density at radius 2 is 1.95 bits per heavy atom. The lowest BCUT2D eigenvalue weighted by Gasteiger charge is -2.15. The highest BCUT2D eigenvalue weighted by Crippen LogP contribution is 2.16. The summed E-state index contributed by atoms with van der Waals surface area (Å²) >= 11 is 0. The van der Waals surface area contributed by atoms with Gasteiger partial charge in [-0.15, -0.1) is 0 Å². The number of aliphatic carboxylic acids is 1. The van der Waals surface area contributed by atoms with E-state index in [2.05, 4.69) is 10.6 Å². The molecule has 1 rings (SSSR count). The van der Waals surface area contributed by atoms with Crippen molar-refractivity contribution in [2.24, 2.45) is 5.73 Å². The largest absolute Gasteiger partial charge is 0.480 e. The van der Waals surface area contributed by atoms with Crippen molar-refractivity contribution in [3.8, 4) is 0 Å². The van der Waals surface area contributed by atoms with E-state index in [1.807, 2.05) is 26.0 Å². The topological polar surface area (TPSA) is 122 Å². The summed E-state index contributed by atoms with van der Waals surface area (Å²) in [5, 5.41) is 13.9. The van der Waals surface area contributed by atoms with E-state index in [0.717, 1.165) is 11.1 Å². The molecule has 0 heterocycles.